The van der Waals surface area contributed by atoms with Crippen molar-refractivity contribution in [1.29, 1.82) is 0 Å². The number of anilines is 1. The normalized spacial score (nSPS) is 12.2. The summed E-state index contributed by atoms with van der Waals surface area (Å²) >= 11 is 0. The molecule has 0 saturated heterocycles. The lowest BCUT2D eigenvalue weighted by Crippen LogP contribution is -2.25. The van der Waals surface area contributed by atoms with Crippen molar-refractivity contribution < 1.29 is 27.9 Å². The number of benzene rings is 1. The molecule has 0 fully saturated rings. The van der Waals surface area contributed by atoms with Crippen LogP contribution in [0, 0.1) is 17.5 Å². The van der Waals surface area contributed by atoms with Crippen LogP contribution in [0.2, 0.25) is 0 Å². The molecule has 28 heavy (non-hydrogen) atoms. The van der Waals surface area contributed by atoms with E-state index in [0.717, 1.165) is 6.07 Å². The van der Waals surface area contributed by atoms with E-state index in [2.05, 4.69) is 20.9 Å². The van der Waals surface area contributed by atoms with Crippen LogP contribution in [0.5, 0.6) is 0 Å². The summed E-state index contributed by atoms with van der Waals surface area (Å²) in [7, 11) is 0. The molecule has 11 heteroatoms. The van der Waals surface area contributed by atoms with Crippen LogP contribution >= 0.6 is 0 Å². The van der Waals surface area contributed by atoms with Crippen LogP contribution < -0.4 is 10.8 Å². The van der Waals surface area contributed by atoms with Gasteiger partial charge in [0.2, 0.25) is 0 Å². The van der Waals surface area contributed by atoms with E-state index in [1.807, 2.05) is 0 Å². The van der Waals surface area contributed by atoms with Gasteiger partial charge in [-0.3, -0.25) is 9.63 Å². The number of fused-ring (bicyclic) bond motifs is 1. The standard InChI is InChI=1S/C17H16F3N5O3/c1-9(11-6-10(18)7-13(19)15(11)20)22-14-2-3-25-16(23-14)12(8-21-25)17(27)24-28-5-4-26/h2-3,6-9,26H,4-5H2,1H3,(H,22,23)(H,24,27)/t9-/m1/s1. The Labute approximate surface area is 156 Å². The Morgan fingerprint density at radius 3 is 2.89 bits per heavy atom. The van der Waals surface area contributed by atoms with Crippen molar-refractivity contribution in [3.05, 3.63) is 59.2 Å². The summed E-state index contributed by atoms with van der Waals surface area (Å²) in [6, 6.07) is 2.05. The number of halogens is 3. The Balaban J connectivity index is 1.84. The summed E-state index contributed by atoms with van der Waals surface area (Å²) in [6.45, 7) is 1.16. The molecule has 0 aliphatic heterocycles. The first kappa shape index (κ1) is 19.6. The number of aliphatic hydroxyl groups excluding tert-OH is 1. The number of carbonyl (C=O) groups is 1. The van der Waals surface area contributed by atoms with Gasteiger partial charge in [-0.2, -0.15) is 5.10 Å². The topological polar surface area (TPSA) is 101 Å². The van der Waals surface area contributed by atoms with Crippen molar-refractivity contribution in [1.82, 2.24) is 20.1 Å². The number of nitrogens with zero attached hydrogens (tertiary/aromatic N) is 3. The molecular formula is C17H16F3N5O3. The highest BCUT2D eigenvalue weighted by molar-refractivity contribution is 5.99. The lowest BCUT2D eigenvalue weighted by atomic mass is 10.1. The third-order valence-electron chi connectivity index (χ3n) is 3.82. The van der Waals surface area contributed by atoms with E-state index in [4.69, 9.17) is 9.94 Å². The third-order valence-corrected chi connectivity index (χ3v) is 3.82. The number of aliphatic hydroxyl groups is 1. The van der Waals surface area contributed by atoms with E-state index in [-0.39, 0.29) is 35.8 Å². The molecule has 0 aliphatic rings. The van der Waals surface area contributed by atoms with Crippen LogP contribution in [0.3, 0.4) is 0 Å². The second kappa shape index (κ2) is 8.23. The summed E-state index contributed by atoms with van der Waals surface area (Å²) in [4.78, 5) is 21.1. The minimum Gasteiger partial charge on any atom is -0.394 e. The van der Waals surface area contributed by atoms with Crippen molar-refractivity contribution >= 4 is 17.4 Å². The number of rotatable bonds is 7. The van der Waals surface area contributed by atoms with Gasteiger partial charge in [-0.15, -0.1) is 0 Å². The molecule has 1 aromatic carbocycles. The highest BCUT2D eigenvalue weighted by Crippen LogP contribution is 2.24. The van der Waals surface area contributed by atoms with Crippen LogP contribution in [0.4, 0.5) is 19.0 Å². The van der Waals surface area contributed by atoms with Gasteiger partial charge in [0.1, 0.15) is 17.2 Å². The van der Waals surface area contributed by atoms with Crippen LogP contribution in [0.15, 0.2) is 30.6 Å². The van der Waals surface area contributed by atoms with Crippen molar-refractivity contribution in [3.63, 3.8) is 0 Å². The van der Waals surface area contributed by atoms with Gasteiger partial charge in [0.25, 0.3) is 5.91 Å². The second-order valence-electron chi connectivity index (χ2n) is 5.80. The molecule has 0 bridgehead atoms. The average Bonchev–Trinajstić information content (AvgIpc) is 3.08. The highest BCUT2D eigenvalue weighted by atomic mass is 19.2. The lowest BCUT2D eigenvalue weighted by molar-refractivity contribution is 0.0169. The fourth-order valence-electron chi connectivity index (χ4n) is 2.52. The molecule has 2 heterocycles. The van der Waals surface area contributed by atoms with E-state index in [9.17, 15) is 18.0 Å². The van der Waals surface area contributed by atoms with E-state index in [1.165, 1.54) is 29.9 Å². The molecular weight excluding hydrogens is 379 g/mol. The first-order valence-corrected chi connectivity index (χ1v) is 8.19. The minimum atomic E-state index is -1.29. The van der Waals surface area contributed by atoms with Crippen molar-refractivity contribution in [2.45, 2.75) is 13.0 Å². The van der Waals surface area contributed by atoms with Gasteiger partial charge in [0.05, 0.1) is 25.5 Å². The summed E-state index contributed by atoms with van der Waals surface area (Å²) in [5.41, 5.74) is 2.20. The molecule has 1 amide bonds. The maximum atomic E-state index is 14.0. The fraction of sp³-hybridized carbons (Fsp3) is 0.235. The summed E-state index contributed by atoms with van der Waals surface area (Å²) in [5.74, 6) is -3.74. The average molecular weight is 395 g/mol. The van der Waals surface area contributed by atoms with Crippen LogP contribution in [0.25, 0.3) is 5.65 Å². The summed E-state index contributed by atoms with van der Waals surface area (Å²) < 4.78 is 42.1. The van der Waals surface area contributed by atoms with Gasteiger partial charge in [-0.25, -0.2) is 28.2 Å². The number of hydroxylamine groups is 1. The Morgan fingerprint density at radius 2 is 2.14 bits per heavy atom. The van der Waals surface area contributed by atoms with E-state index in [0.29, 0.717) is 6.07 Å². The van der Waals surface area contributed by atoms with Crippen LogP contribution in [-0.2, 0) is 4.84 Å². The van der Waals surface area contributed by atoms with Gasteiger partial charge in [-0.05, 0) is 19.1 Å². The highest BCUT2D eigenvalue weighted by Gasteiger charge is 2.19. The number of hydrogen-bond acceptors (Lipinski definition) is 6. The van der Waals surface area contributed by atoms with Crippen LogP contribution in [0.1, 0.15) is 28.9 Å². The molecule has 0 unspecified atom stereocenters. The molecule has 3 aromatic rings. The minimum absolute atomic E-state index is 0.0849. The first-order valence-electron chi connectivity index (χ1n) is 8.19. The zero-order valence-electron chi connectivity index (χ0n) is 14.6. The maximum Gasteiger partial charge on any atom is 0.280 e. The van der Waals surface area contributed by atoms with Gasteiger partial charge in [0.15, 0.2) is 17.3 Å². The van der Waals surface area contributed by atoms with E-state index < -0.39 is 29.4 Å². The molecule has 0 aliphatic carbocycles. The number of hydrogen-bond donors (Lipinski definition) is 3. The number of amides is 1. The number of carbonyl (C=O) groups excluding carboxylic acids is 1. The summed E-state index contributed by atoms with van der Waals surface area (Å²) in [6.07, 6.45) is 2.78. The van der Waals surface area contributed by atoms with Crippen molar-refractivity contribution in [2.75, 3.05) is 18.5 Å². The number of aromatic nitrogens is 3. The van der Waals surface area contributed by atoms with Crippen molar-refractivity contribution in [2.24, 2.45) is 0 Å². The predicted octanol–water partition coefficient (Wildman–Crippen LogP) is 1.97. The van der Waals surface area contributed by atoms with E-state index in [1.54, 1.807) is 0 Å². The quantitative estimate of drug-likeness (QED) is 0.321. The Hall–Kier alpha value is -3.18. The molecule has 148 valence electrons. The first-order chi connectivity index (χ1) is 13.4. The zero-order chi connectivity index (χ0) is 20.3. The second-order valence-corrected chi connectivity index (χ2v) is 5.80. The smallest absolute Gasteiger partial charge is 0.280 e. The number of nitrogens with one attached hydrogen (secondary N) is 2. The van der Waals surface area contributed by atoms with Crippen LogP contribution in [-0.4, -0.2) is 38.8 Å². The van der Waals surface area contributed by atoms with Gasteiger partial charge >= 0.3 is 0 Å². The SMILES string of the molecule is C[C@@H](Nc1ccn2ncc(C(=O)NOCCO)c2n1)c1cc(F)cc(F)c1F. The maximum absolute atomic E-state index is 14.0. The Morgan fingerprint density at radius 1 is 1.36 bits per heavy atom. The van der Waals surface area contributed by atoms with Gasteiger partial charge < -0.3 is 10.4 Å². The Bertz CT molecular complexity index is 1010. The molecule has 0 radical (unpaired) electrons. The predicted molar refractivity (Wildman–Crippen MR) is 91.8 cm³/mol. The fourth-order valence-corrected chi connectivity index (χ4v) is 2.52. The lowest BCUT2D eigenvalue weighted by Gasteiger charge is -2.16. The van der Waals surface area contributed by atoms with Crippen molar-refractivity contribution in [3.8, 4) is 0 Å². The molecule has 1 atom stereocenters. The van der Waals surface area contributed by atoms with Gasteiger partial charge in [0, 0.05) is 17.8 Å². The largest absolute Gasteiger partial charge is 0.394 e. The van der Waals surface area contributed by atoms with Gasteiger partial charge in [-0.1, -0.05) is 0 Å². The molecule has 0 spiro atoms. The Kier molecular flexibility index (Phi) is 5.76. The summed E-state index contributed by atoms with van der Waals surface area (Å²) in [5, 5.41) is 15.5. The van der Waals surface area contributed by atoms with E-state index >= 15 is 0 Å². The monoisotopic (exact) mass is 395 g/mol. The third kappa shape index (κ3) is 4.05. The molecule has 3 rings (SSSR count). The zero-order valence-corrected chi connectivity index (χ0v) is 14.6. The molecule has 2 aromatic heterocycles. The molecule has 0 saturated carbocycles. The molecule has 3 N–H and O–H groups in total. The molecule has 8 nitrogen and oxygen atoms in total.